The van der Waals surface area contributed by atoms with Crippen LogP contribution in [-0.2, 0) is 21.9 Å². The van der Waals surface area contributed by atoms with Gasteiger partial charge in [0.25, 0.3) is 0 Å². The molecule has 2 rings (SSSR count). The third kappa shape index (κ3) is 7.58. The summed E-state index contributed by atoms with van der Waals surface area (Å²) in [5.41, 5.74) is 3.47. The second-order valence-electron chi connectivity index (χ2n) is 7.20. The highest BCUT2D eigenvalue weighted by Crippen LogP contribution is 2.18. The molecule has 0 unspecified atom stereocenters. The van der Waals surface area contributed by atoms with Gasteiger partial charge < -0.3 is 10.2 Å². The van der Waals surface area contributed by atoms with Crippen molar-refractivity contribution in [2.45, 2.75) is 52.0 Å². The molecule has 0 saturated carbocycles. The topological polar surface area (TPSA) is 49.4 Å². The van der Waals surface area contributed by atoms with E-state index in [0.717, 1.165) is 17.7 Å². The maximum atomic E-state index is 13.1. The summed E-state index contributed by atoms with van der Waals surface area (Å²) in [4.78, 5) is 27.5. The summed E-state index contributed by atoms with van der Waals surface area (Å²) in [6.45, 7) is 7.13. The lowest BCUT2D eigenvalue weighted by molar-refractivity contribution is -0.139. The molecule has 2 aromatic carbocycles. The first-order valence-electron chi connectivity index (χ1n) is 10.3. The zero-order valence-electron chi connectivity index (χ0n) is 17.7. The van der Waals surface area contributed by atoms with Gasteiger partial charge in [-0.05, 0) is 30.9 Å². The van der Waals surface area contributed by atoms with Gasteiger partial charge in [0.15, 0.2) is 0 Å². The number of hydrogen-bond donors (Lipinski definition) is 1. The molecule has 0 aliphatic rings. The predicted molar refractivity (Wildman–Crippen MR) is 122 cm³/mol. The molecule has 2 amide bonds. The second kappa shape index (κ2) is 12.3. The van der Waals surface area contributed by atoms with Crippen LogP contribution in [0.5, 0.6) is 0 Å². The maximum absolute atomic E-state index is 13.1. The number of amides is 2. The number of nitrogens with zero attached hydrogens (tertiary/aromatic N) is 1. The fourth-order valence-corrected chi connectivity index (χ4v) is 4.06. The molecule has 0 aliphatic heterocycles. The number of rotatable bonds is 11. The zero-order valence-corrected chi connectivity index (χ0v) is 18.5. The molecule has 0 aliphatic carbocycles. The summed E-state index contributed by atoms with van der Waals surface area (Å²) in [6, 6.07) is 17.8. The normalized spacial score (nSPS) is 11.7. The van der Waals surface area contributed by atoms with Crippen molar-refractivity contribution in [2.75, 3.05) is 12.3 Å². The summed E-state index contributed by atoms with van der Waals surface area (Å²) in [6.07, 6.45) is 1.47. The van der Waals surface area contributed by atoms with Crippen molar-refractivity contribution in [3.8, 4) is 0 Å². The second-order valence-corrected chi connectivity index (χ2v) is 8.19. The predicted octanol–water partition coefficient (Wildman–Crippen LogP) is 4.56. The molecule has 0 heterocycles. The highest BCUT2D eigenvalue weighted by molar-refractivity contribution is 7.99. The van der Waals surface area contributed by atoms with Gasteiger partial charge in [0.05, 0.1) is 5.75 Å². The number of carbonyl (C=O) groups is 2. The van der Waals surface area contributed by atoms with Crippen LogP contribution in [0, 0.1) is 6.92 Å². The summed E-state index contributed by atoms with van der Waals surface area (Å²) >= 11 is 1.60. The van der Waals surface area contributed by atoms with Crippen LogP contribution >= 0.6 is 11.8 Å². The quantitative estimate of drug-likeness (QED) is 0.588. The van der Waals surface area contributed by atoms with Crippen molar-refractivity contribution in [2.24, 2.45) is 0 Å². The van der Waals surface area contributed by atoms with Crippen molar-refractivity contribution in [1.82, 2.24) is 10.2 Å². The van der Waals surface area contributed by atoms with E-state index in [1.807, 2.05) is 50.2 Å². The van der Waals surface area contributed by atoms with E-state index < -0.39 is 6.04 Å². The van der Waals surface area contributed by atoms with Crippen LogP contribution in [-0.4, -0.2) is 35.1 Å². The molecule has 0 aromatic heterocycles. The third-order valence-electron chi connectivity index (χ3n) is 4.71. The lowest BCUT2D eigenvalue weighted by Crippen LogP contribution is -2.49. The van der Waals surface area contributed by atoms with Gasteiger partial charge >= 0.3 is 0 Å². The largest absolute Gasteiger partial charge is 0.354 e. The minimum atomic E-state index is -0.450. The van der Waals surface area contributed by atoms with E-state index in [4.69, 9.17) is 0 Å². The summed E-state index contributed by atoms with van der Waals surface area (Å²) in [5.74, 6) is 1.08. The van der Waals surface area contributed by atoms with Gasteiger partial charge in [-0.3, -0.25) is 9.59 Å². The molecule has 4 nitrogen and oxygen atoms in total. The Kier molecular flexibility index (Phi) is 9.78. The number of carbonyl (C=O) groups excluding carboxylic acids is 2. The first-order valence-corrected chi connectivity index (χ1v) is 11.4. The van der Waals surface area contributed by atoms with E-state index in [1.165, 1.54) is 11.1 Å². The van der Waals surface area contributed by atoms with Gasteiger partial charge in [-0.1, -0.05) is 74.0 Å². The molecule has 0 radical (unpaired) electrons. The molecule has 5 heteroatoms. The average Bonchev–Trinajstić information content (AvgIpc) is 2.72. The lowest BCUT2D eigenvalue weighted by atomic mass is 10.1. The average molecular weight is 413 g/mol. The van der Waals surface area contributed by atoms with Crippen molar-refractivity contribution in [3.63, 3.8) is 0 Å². The third-order valence-corrected chi connectivity index (χ3v) is 5.70. The van der Waals surface area contributed by atoms with Crippen LogP contribution in [0.2, 0.25) is 0 Å². The lowest BCUT2D eigenvalue weighted by Gasteiger charge is -2.30. The Bertz CT molecular complexity index is 779. The number of nitrogens with one attached hydrogen (secondary N) is 1. The Balaban J connectivity index is 2.07. The summed E-state index contributed by atoms with van der Waals surface area (Å²) in [5, 5.41) is 2.95. The van der Waals surface area contributed by atoms with Crippen LogP contribution < -0.4 is 5.32 Å². The monoisotopic (exact) mass is 412 g/mol. The van der Waals surface area contributed by atoms with E-state index >= 15 is 0 Å². The van der Waals surface area contributed by atoms with E-state index in [-0.39, 0.29) is 11.8 Å². The van der Waals surface area contributed by atoms with Gasteiger partial charge in [-0.25, -0.2) is 0 Å². The Morgan fingerprint density at radius 3 is 2.41 bits per heavy atom. The number of hydrogen-bond acceptors (Lipinski definition) is 3. The molecule has 1 N–H and O–H groups in total. The minimum Gasteiger partial charge on any atom is -0.354 e. The first-order chi connectivity index (χ1) is 14.0. The van der Waals surface area contributed by atoms with Gasteiger partial charge in [-0.15, -0.1) is 11.8 Å². The van der Waals surface area contributed by atoms with E-state index in [9.17, 15) is 9.59 Å². The zero-order chi connectivity index (χ0) is 21.1. The van der Waals surface area contributed by atoms with Crippen molar-refractivity contribution >= 4 is 23.6 Å². The van der Waals surface area contributed by atoms with E-state index in [2.05, 4.69) is 30.4 Å². The van der Waals surface area contributed by atoms with Crippen LogP contribution in [0.15, 0.2) is 54.6 Å². The molecule has 0 saturated heterocycles. The molecular formula is C24H32N2O2S. The van der Waals surface area contributed by atoms with Gasteiger partial charge in [0.1, 0.15) is 6.04 Å². The summed E-state index contributed by atoms with van der Waals surface area (Å²) < 4.78 is 0. The molecule has 2 aromatic rings. The van der Waals surface area contributed by atoms with Crippen LogP contribution in [0.3, 0.4) is 0 Å². The van der Waals surface area contributed by atoms with E-state index in [0.29, 0.717) is 25.3 Å². The van der Waals surface area contributed by atoms with Crippen molar-refractivity contribution in [1.29, 1.82) is 0 Å². The maximum Gasteiger partial charge on any atom is 0.242 e. The van der Waals surface area contributed by atoms with Crippen LogP contribution in [0.4, 0.5) is 0 Å². The number of thioether (sulfide) groups is 1. The fourth-order valence-electron chi connectivity index (χ4n) is 3.21. The highest BCUT2D eigenvalue weighted by atomic mass is 32.2. The molecule has 0 fully saturated rings. The Hall–Kier alpha value is -2.27. The Labute approximate surface area is 179 Å². The molecule has 1 atom stereocenters. The Morgan fingerprint density at radius 1 is 1.03 bits per heavy atom. The smallest absolute Gasteiger partial charge is 0.242 e. The molecule has 29 heavy (non-hydrogen) atoms. The molecule has 0 spiro atoms. The fraction of sp³-hybridized carbons (Fsp3) is 0.417. The Morgan fingerprint density at radius 2 is 1.76 bits per heavy atom. The van der Waals surface area contributed by atoms with Crippen molar-refractivity contribution < 1.29 is 9.59 Å². The van der Waals surface area contributed by atoms with Gasteiger partial charge in [0.2, 0.25) is 11.8 Å². The summed E-state index contributed by atoms with van der Waals surface area (Å²) in [7, 11) is 0. The number of aryl methyl sites for hydroxylation is 1. The molecule has 156 valence electrons. The molecule has 0 bridgehead atoms. The number of benzene rings is 2. The van der Waals surface area contributed by atoms with Gasteiger partial charge in [0, 0.05) is 18.8 Å². The minimum absolute atomic E-state index is 0.00463. The standard InChI is InChI=1S/C24H32N2O2S/c1-4-14-25-24(28)22(5-2)26(16-20-11-7-6-8-12-20)23(27)18-29-17-21-13-9-10-19(3)15-21/h6-13,15,22H,4-5,14,16-18H2,1-3H3,(H,25,28)/t22-/m0/s1. The highest BCUT2D eigenvalue weighted by Gasteiger charge is 2.28. The van der Waals surface area contributed by atoms with E-state index in [1.54, 1.807) is 16.7 Å². The van der Waals surface area contributed by atoms with Gasteiger partial charge in [-0.2, -0.15) is 0 Å². The van der Waals surface area contributed by atoms with Crippen molar-refractivity contribution in [3.05, 3.63) is 71.3 Å². The molecular weight excluding hydrogens is 380 g/mol. The SMILES string of the molecule is CCCNC(=O)[C@H](CC)N(Cc1ccccc1)C(=O)CSCc1cccc(C)c1. The first kappa shape index (κ1) is 23.0. The van der Waals surface area contributed by atoms with Crippen LogP contribution in [0.1, 0.15) is 43.4 Å². The van der Waals surface area contributed by atoms with Crippen LogP contribution in [0.25, 0.3) is 0 Å².